The molecule has 0 aliphatic carbocycles. The summed E-state index contributed by atoms with van der Waals surface area (Å²) in [6.07, 6.45) is 2.53. The number of hydrogen-bond acceptors (Lipinski definition) is 1. The Labute approximate surface area is 71.1 Å². The summed E-state index contributed by atoms with van der Waals surface area (Å²) in [6.45, 7) is 7.80. The van der Waals surface area contributed by atoms with Crippen molar-refractivity contribution in [1.29, 1.82) is 0 Å². The zero-order chi connectivity index (χ0) is 8.85. The molecule has 0 atom stereocenters. The van der Waals surface area contributed by atoms with Gasteiger partial charge in [-0.05, 0) is 54.3 Å². The Hall–Kier alpha value is -0.300. The first-order valence-electron chi connectivity index (χ1n) is 4.31. The van der Waals surface area contributed by atoms with Crippen molar-refractivity contribution in [2.45, 2.75) is 33.6 Å². The van der Waals surface area contributed by atoms with Crippen LogP contribution in [0.2, 0.25) is 0 Å². The lowest BCUT2D eigenvalue weighted by Gasteiger charge is -2.09. The highest BCUT2D eigenvalue weighted by molar-refractivity contribution is 5.06. The van der Waals surface area contributed by atoms with Crippen LogP contribution in [-0.2, 0) is 0 Å². The van der Waals surface area contributed by atoms with Crippen LogP contribution < -0.4 is 0 Å². The van der Waals surface area contributed by atoms with Gasteiger partial charge in [0, 0.05) is 0 Å². The number of rotatable bonds is 4. The summed E-state index contributed by atoms with van der Waals surface area (Å²) >= 11 is 0. The van der Waals surface area contributed by atoms with Crippen molar-refractivity contribution in [3.05, 3.63) is 11.1 Å². The van der Waals surface area contributed by atoms with Gasteiger partial charge in [-0.25, -0.2) is 0 Å². The molecule has 0 unspecified atom stereocenters. The molecule has 0 aliphatic heterocycles. The maximum absolute atomic E-state index is 2.23. The maximum atomic E-state index is 2.23. The highest BCUT2D eigenvalue weighted by Gasteiger charge is 1.93. The molecule has 0 aromatic heterocycles. The fourth-order valence-corrected chi connectivity index (χ4v) is 0.910. The van der Waals surface area contributed by atoms with E-state index in [-0.39, 0.29) is 0 Å². The molecule has 0 N–H and O–H groups in total. The van der Waals surface area contributed by atoms with Gasteiger partial charge >= 0.3 is 0 Å². The lowest BCUT2D eigenvalue weighted by molar-refractivity contribution is 0.400. The quantitative estimate of drug-likeness (QED) is 0.564. The predicted octanol–water partition coefficient (Wildman–Crippen LogP) is 2.68. The molecular weight excluding hydrogens is 134 g/mol. The third-order valence-corrected chi connectivity index (χ3v) is 2.01. The van der Waals surface area contributed by atoms with Crippen molar-refractivity contribution in [3.8, 4) is 0 Å². The molecule has 0 aromatic rings. The van der Waals surface area contributed by atoms with Crippen LogP contribution in [0.1, 0.15) is 33.6 Å². The third-order valence-electron chi connectivity index (χ3n) is 2.01. The van der Waals surface area contributed by atoms with Crippen molar-refractivity contribution in [2.75, 3.05) is 20.6 Å². The van der Waals surface area contributed by atoms with Gasteiger partial charge in [-0.3, -0.25) is 0 Å². The Bertz CT molecular complexity index is 130. The Morgan fingerprint density at radius 2 is 1.64 bits per heavy atom. The Kier molecular flexibility index (Phi) is 5.22. The summed E-state index contributed by atoms with van der Waals surface area (Å²) in [5.41, 5.74) is 3.02. The molecule has 0 heterocycles. The monoisotopic (exact) mass is 155 g/mol. The Morgan fingerprint density at radius 3 is 2.00 bits per heavy atom. The summed E-state index contributed by atoms with van der Waals surface area (Å²) in [7, 11) is 4.25. The van der Waals surface area contributed by atoms with Crippen LogP contribution in [-0.4, -0.2) is 25.5 Å². The molecule has 1 nitrogen and oxygen atoms in total. The highest BCUT2D eigenvalue weighted by atomic mass is 15.0. The van der Waals surface area contributed by atoms with Crippen molar-refractivity contribution >= 4 is 0 Å². The molecule has 0 aliphatic rings. The lowest BCUT2D eigenvalue weighted by atomic mass is 10.1. The molecular formula is C10H21N. The van der Waals surface area contributed by atoms with E-state index in [1.165, 1.54) is 25.0 Å². The lowest BCUT2D eigenvalue weighted by Crippen LogP contribution is -2.12. The summed E-state index contributed by atoms with van der Waals surface area (Å²) < 4.78 is 0. The highest BCUT2D eigenvalue weighted by Crippen LogP contribution is 2.09. The van der Waals surface area contributed by atoms with Crippen LogP contribution in [0.5, 0.6) is 0 Å². The molecule has 0 spiro atoms. The van der Waals surface area contributed by atoms with Crippen molar-refractivity contribution in [1.82, 2.24) is 4.90 Å². The van der Waals surface area contributed by atoms with Gasteiger partial charge in [-0.2, -0.15) is 0 Å². The molecule has 66 valence electrons. The molecule has 0 saturated heterocycles. The molecule has 1 heteroatoms. The van der Waals surface area contributed by atoms with Crippen LogP contribution >= 0.6 is 0 Å². The van der Waals surface area contributed by atoms with Crippen LogP contribution in [0.3, 0.4) is 0 Å². The number of allylic oxidation sites excluding steroid dienone is 2. The van der Waals surface area contributed by atoms with Gasteiger partial charge in [0.15, 0.2) is 0 Å². The van der Waals surface area contributed by atoms with E-state index in [1.807, 2.05) is 0 Å². The Balaban J connectivity index is 3.48. The largest absolute Gasteiger partial charge is 0.309 e. The van der Waals surface area contributed by atoms with E-state index in [2.05, 4.69) is 39.8 Å². The van der Waals surface area contributed by atoms with Crippen LogP contribution in [0.4, 0.5) is 0 Å². The first-order valence-corrected chi connectivity index (χ1v) is 4.31. The molecule has 0 amide bonds. The predicted molar refractivity (Wildman–Crippen MR) is 51.8 cm³/mol. The van der Waals surface area contributed by atoms with Gasteiger partial charge in [0.05, 0.1) is 0 Å². The average Bonchev–Trinajstić information content (AvgIpc) is 1.86. The first-order chi connectivity index (χ1) is 5.04. The third kappa shape index (κ3) is 6.11. The summed E-state index contributed by atoms with van der Waals surface area (Å²) in [4.78, 5) is 2.23. The average molecular weight is 155 g/mol. The van der Waals surface area contributed by atoms with Gasteiger partial charge in [0.1, 0.15) is 0 Å². The zero-order valence-corrected chi connectivity index (χ0v) is 8.57. The second kappa shape index (κ2) is 5.36. The van der Waals surface area contributed by atoms with Gasteiger partial charge in [-0.15, -0.1) is 0 Å². The van der Waals surface area contributed by atoms with Crippen molar-refractivity contribution in [2.24, 2.45) is 0 Å². The molecule has 0 saturated carbocycles. The maximum Gasteiger partial charge on any atom is -0.00218 e. The summed E-state index contributed by atoms with van der Waals surface area (Å²) in [5.74, 6) is 0. The summed E-state index contributed by atoms with van der Waals surface area (Å²) in [5, 5.41) is 0. The van der Waals surface area contributed by atoms with E-state index in [0.29, 0.717) is 0 Å². The topological polar surface area (TPSA) is 3.24 Å². The van der Waals surface area contributed by atoms with E-state index in [9.17, 15) is 0 Å². The minimum absolute atomic E-state index is 1.20. The first kappa shape index (κ1) is 10.7. The normalized spacial score (nSPS) is 10.4. The molecule has 0 radical (unpaired) electrons. The van der Waals surface area contributed by atoms with Crippen LogP contribution in [0.15, 0.2) is 11.1 Å². The minimum atomic E-state index is 1.20. The van der Waals surface area contributed by atoms with E-state index in [4.69, 9.17) is 0 Å². The van der Waals surface area contributed by atoms with Gasteiger partial charge in [0.2, 0.25) is 0 Å². The van der Waals surface area contributed by atoms with Crippen molar-refractivity contribution < 1.29 is 0 Å². The van der Waals surface area contributed by atoms with Gasteiger partial charge in [-0.1, -0.05) is 11.1 Å². The van der Waals surface area contributed by atoms with E-state index < -0.39 is 0 Å². The Morgan fingerprint density at radius 1 is 1.09 bits per heavy atom. The zero-order valence-electron chi connectivity index (χ0n) is 8.57. The molecule has 0 aromatic carbocycles. The molecule has 0 fully saturated rings. The number of nitrogens with zero attached hydrogens (tertiary/aromatic N) is 1. The van der Waals surface area contributed by atoms with Crippen LogP contribution in [0.25, 0.3) is 0 Å². The number of hydrogen-bond donors (Lipinski definition) is 0. The fraction of sp³-hybridized carbons (Fsp3) is 0.800. The van der Waals surface area contributed by atoms with Crippen LogP contribution in [0, 0.1) is 0 Å². The van der Waals surface area contributed by atoms with E-state index >= 15 is 0 Å². The minimum Gasteiger partial charge on any atom is -0.309 e. The van der Waals surface area contributed by atoms with Crippen molar-refractivity contribution in [3.63, 3.8) is 0 Å². The molecule has 11 heavy (non-hydrogen) atoms. The van der Waals surface area contributed by atoms with E-state index in [1.54, 1.807) is 5.57 Å². The fourth-order valence-electron chi connectivity index (χ4n) is 0.910. The second-order valence-corrected chi connectivity index (χ2v) is 3.69. The smallest absolute Gasteiger partial charge is 0.00218 e. The molecule has 0 rings (SSSR count). The van der Waals surface area contributed by atoms with Gasteiger partial charge in [0.25, 0.3) is 0 Å². The second-order valence-electron chi connectivity index (χ2n) is 3.69. The SMILES string of the molecule is CC(C)=C(C)CCCN(C)C. The summed E-state index contributed by atoms with van der Waals surface area (Å²) in [6, 6.07) is 0. The molecule has 0 bridgehead atoms. The van der Waals surface area contributed by atoms with Gasteiger partial charge < -0.3 is 4.90 Å². The van der Waals surface area contributed by atoms with E-state index in [0.717, 1.165) is 0 Å². The standard InChI is InChI=1S/C10H21N/c1-9(2)10(3)7-6-8-11(4)5/h6-8H2,1-5H3.